The maximum absolute atomic E-state index is 11.4. The Morgan fingerprint density at radius 2 is 2.22 bits per heavy atom. The Labute approximate surface area is 109 Å². The second-order valence-corrected chi connectivity index (χ2v) is 5.53. The molecule has 0 bridgehead atoms. The molecule has 5 heteroatoms. The quantitative estimate of drug-likeness (QED) is 0.897. The minimum absolute atomic E-state index is 0.260. The van der Waals surface area contributed by atoms with E-state index in [9.17, 15) is 4.79 Å². The van der Waals surface area contributed by atoms with E-state index in [1.165, 1.54) is 0 Å². The van der Waals surface area contributed by atoms with Crippen molar-refractivity contribution in [1.29, 1.82) is 0 Å². The second-order valence-electron chi connectivity index (χ2n) is 5.53. The number of carbonyl (C=O) groups is 1. The molecule has 1 unspecified atom stereocenters. The zero-order valence-electron chi connectivity index (χ0n) is 11.9. The molecule has 18 heavy (non-hydrogen) atoms. The van der Waals surface area contributed by atoms with Crippen molar-refractivity contribution in [3.63, 3.8) is 0 Å². The first kappa shape index (κ1) is 14.5. The van der Waals surface area contributed by atoms with E-state index in [4.69, 9.17) is 4.74 Å². The van der Waals surface area contributed by atoms with Crippen molar-refractivity contribution in [1.82, 2.24) is 14.9 Å². The first-order valence-electron chi connectivity index (χ1n) is 6.24. The van der Waals surface area contributed by atoms with Crippen LogP contribution in [0.1, 0.15) is 46.0 Å². The molecule has 0 aromatic carbocycles. The molecule has 1 N–H and O–H groups in total. The number of amides is 1. The summed E-state index contributed by atoms with van der Waals surface area (Å²) in [6.45, 7) is 10.2. The van der Waals surface area contributed by atoms with Gasteiger partial charge in [-0.15, -0.1) is 0 Å². The summed E-state index contributed by atoms with van der Waals surface area (Å²) in [4.78, 5) is 15.6. The minimum atomic E-state index is -0.364. The minimum Gasteiger partial charge on any atom is -0.449 e. The molecule has 1 amide bonds. The third-order valence-corrected chi connectivity index (χ3v) is 2.58. The van der Waals surface area contributed by atoms with Crippen LogP contribution in [0.25, 0.3) is 0 Å². The Morgan fingerprint density at radius 1 is 1.56 bits per heavy atom. The van der Waals surface area contributed by atoms with Crippen molar-refractivity contribution < 1.29 is 9.53 Å². The summed E-state index contributed by atoms with van der Waals surface area (Å²) < 4.78 is 7.22. The maximum atomic E-state index is 11.4. The molecule has 0 fully saturated rings. The number of hydrogen-bond acceptors (Lipinski definition) is 3. The third kappa shape index (κ3) is 4.77. The average molecular weight is 253 g/mol. The second kappa shape index (κ2) is 5.89. The number of rotatable bonds is 4. The fraction of sp³-hybridized carbons (Fsp3) is 0.692. The SMILES string of the molecule is Cc1nccn1C(C)CCOC(=O)NC(C)(C)C. The van der Waals surface area contributed by atoms with Gasteiger partial charge in [0.2, 0.25) is 0 Å². The Morgan fingerprint density at radius 3 is 2.72 bits per heavy atom. The van der Waals surface area contributed by atoms with Crippen molar-refractivity contribution in [3.8, 4) is 0 Å². The van der Waals surface area contributed by atoms with Crippen molar-refractivity contribution >= 4 is 6.09 Å². The maximum Gasteiger partial charge on any atom is 0.407 e. The number of imidazole rings is 1. The molecule has 1 rings (SSSR count). The van der Waals surface area contributed by atoms with E-state index in [-0.39, 0.29) is 17.7 Å². The fourth-order valence-electron chi connectivity index (χ4n) is 1.66. The van der Waals surface area contributed by atoms with E-state index in [1.807, 2.05) is 33.9 Å². The largest absolute Gasteiger partial charge is 0.449 e. The summed E-state index contributed by atoms with van der Waals surface area (Å²) in [5.74, 6) is 0.974. The van der Waals surface area contributed by atoms with Gasteiger partial charge >= 0.3 is 6.09 Å². The van der Waals surface area contributed by atoms with Crippen LogP contribution >= 0.6 is 0 Å². The van der Waals surface area contributed by atoms with Gasteiger partial charge in [-0.05, 0) is 34.6 Å². The molecule has 1 atom stereocenters. The van der Waals surface area contributed by atoms with Gasteiger partial charge in [0.15, 0.2) is 0 Å². The summed E-state index contributed by atoms with van der Waals surface area (Å²) in [7, 11) is 0. The number of carbonyl (C=O) groups excluding carboxylic acids is 1. The molecule has 0 saturated carbocycles. The summed E-state index contributed by atoms with van der Waals surface area (Å²) in [5.41, 5.74) is -0.260. The number of aromatic nitrogens is 2. The lowest BCUT2D eigenvalue weighted by Crippen LogP contribution is -2.41. The summed E-state index contributed by atoms with van der Waals surface area (Å²) in [6, 6.07) is 0.273. The van der Waals surface area contributed by atoms with Crippen molar-refractivity contribution in [3.05, 3.63) is 18.2 Å². The monoisotopic (exact) mass is 253 g/mol. The molecular weight excluding hydrogens is 230 g/mol. The third-order valence-electron chi connectivity index (χ3n) is 2.58. The summed E-state index contributed by atoms with van der Waals surface area (Å²) in [5, 5.41) is 2.76. The topological polar surface area (TPSA) is 56.2 Å². The smallest absolute Gasteiger partial charge is 0.407 e. The van der Waals surface area contributed by atoms with Crippen LogP contribution in [0.2, 0.25) is 0 Å². The van der Waals surface area contributed by atoms with Crippen LogP contribution in [0.5, 0.6) is 0 Å². The number of alkyl carbamates (subject to hydrolysis) is 1. The van der Waals surface area contributed by atoms with E-state index >= 15 is 0 Å². The van der Waals surface area contributed by atoms with Gasteiger partial charge in [0.1, 0.15) is 5.82 Å². The first-order chi connectivity index (χ1) is 8.29. The highest BCUT2D eigenvalue weighted by atomic mass is 16.5. The van der Waals surface area contributed by atoms with Gasteiger partial charge in [-0.1, -0.05) is 0 Å². The Kier molecular flexibility index (Phi) is 4.76. The van der Waals surface area contributed by atoms with Crippen LogP contribution in [0.3, 0.4) is 0 Å². The van der Waals surface area contributed by atoms with Gasteiger partial charge in [0.05, 0.1) is 6.61 Å². The molecule has 102 valence electrons. The van der Waals surface area contributed by atoms with E-state index in [2.05, 4.69) is 21.8 Å². The van der Waals surface area contributed by atoms with Gasteiger partial charge in [0, 0.05) is 30.4 Å². The highest BCUT2D eigenvalue weighted by Gasteiger charge is 2.15. The molecule has 0 aliphatic heterocycles. The van der Waals surface area contributed by atoms with E-state index in [0.29, 0.717) is 6.61 Å². The average Bonchev–Trinajstić information content (AvgIpc) is 2.61. The van der Waals surface area contributed by atoms with Crippen LogP contribution in [-0.4, -0.2) is 27.8 Å². The van der Waals surface area contributed by atoms with Crippen LogP contribution < -0.4 is 5.32 Å². The van der Waals surface area contributed by atoms with Crippen LogP contribution in [0, 0.1) is 6.92 Å². The first-order valence-corrected chi connectivity index (χ1v) is 6.24. The van der Waals surface area contributed by atoms with E-state index in [0.717, 1.165) is 12.2 Å². The summed E-state index contributed by atoms with van der Waals surface area (Å²) in [6.07, 6.45) is 4.13. The van der Waals surface area contributed by atoms with Gasteiger partial charge in [-0.3, -0.25) is 0 Å². The Balaban J connectivity index is 2.30. The number of nitrogens with zero attached hydrogens (tertiary/aromatic N) is 2. The predicted octanol–water partition coefficient (Wildman–Crippen LogP) is 2.67. The lowest BCUT2D eigenvalue weighted by molar-refractivity contribution is 0.132. The molecule has 0 radical (unpaired) electrons. The van der Waals surface area contributed by atoms with Crippen molar-refractivity contribution in [2.24, 2.45) is 0 Å². The Bertz CT molecular complexity index is 393. The van der Waals surface area contributed by atoms with E-state index in [1.54, 1.807) is 6.20 Å². The zero-order chi connectivity index (χ0) is 13.8. The molecule has 0 saturated heterocycles. The normalized spacial score (nSPS) is 13.2. The van der Waals surface area contributed by atoms with Crippen LogP contribution in [0.4, 0.5) is 4.79 Å². The molecule has 0 spiro atoms. The number of hydrogen-bond donors (Lipinski definition) is 1. The van der Waals surface area contributed by atoms with Gasteiger partial charge < -0.3 is 14.6 Å². The van der Waals surface area contributed by atoms with Crippen molar-refractivity contribution in [2.45, 2.75) is 52.6 Å². The van der Waals surface area contributed by atoms with Gasteiger partial charge in [-0.25, -0.2) is 9.78 Å². The zero-order valence-corrected chi connectivity index (χ0v) is 11.9. The lowest BCUT2D eigenvalue weighted by atomic mass is 10.1. The molecule has 1 heterocycles. The lowest BCUT2D eigenvalue weighted by Gasteiger charge is -2.20. The van der Waals surface area contributed by atoms with Crippen molar-refractivity contribution in [2.75, 3.05) is 6.61 Å². The van der Waals surface area contributed by atoms with Crippen LogP contribution in [-0.2, 0) is 4.74 Å². The fourth-order valence-corrected chi connectivity index (χ4v) is 1.66. The number of nitrogens with one attached hydrogen (secondary N) is 1. The standard InChI is InChI=1S/C13H23N3O2/c1-10(16-8-7-14-11(16)2)6-9-18-12(17)15-13(3,4)5/h7-8,10H,6,9H2,1-5H3,(H,15,17). The molecule has 1 aromatic rings. The molecular formula is C13H23N3O2. The highest BCUT2D eigenvalue weighted by molar-refractivity contribution is 5.67. The summed E-state index contributed by atoms with van der Waals surface area (Å²) >= 11 is 0. The van der Waals surface area contributed by atoms with Crippen LogP contribution in [0.15, 0.2) is 12.4 Å². The number of aryl methyl sites for hydroxylation is 1. The molecule has 5 nitrogen and oxygen atoms in total. The molecule has 1 aromatic heterocycles. The van der Waals surface area contributed by atoms with Gasteiger partial charge in [0.25, 0.3) is 0 Å². The number of ether oxygens (including phenoxy) is 1. The highest BCUT2D eigenvalue weighted by Crippen LogP contribution is 2.12. The van der Waals surface area contributed by atoms with E-state index < -0.39 is 0 Å². The Hall–Kier alpha value is -1.52. The molecule has 0 aliphatic rings. The molecule has 0 aliphatic carbocycles. The van der Waals surface area contributed by atoms with Gasteiger partial charge in [-0.2, -0.15) is 0 Å². The predicted molar refractivity (Wildman–Crippen MR) is 70.5 cm³/mol.